The number of carbonyl (C=O) groups excluding carboxylic acids is 6. The van der Waals surface area contributed by atoms with E-state index < -0.39 is 66.3 Å². The van der Waals surface area contributed by atoms with E-state index in [4.69, 9.17) is 26.0 Å². The van der Waals surface area contributed by atoms with Gasteiger partial charge in [-0.2, -0.15) is 0 Å². The summed E-state index contributed by atoms with van der Waals surface area (Å²) in [6.07, 6.45) is -3.27. The van der Waals surface area contributed by atoms with Crippen LogP contribution in [0.4, 0.5) is 4.79 Å². The Morgan fingerprint density at radius 1 is 0.806 bits per heavy atom. The first kappa shape index (κ1) is 32.5. The lowest BCUT2D eigenvalue weighted by atomic mass is 10.1. The highest BCUT2D eigenvalue weighted by atomic mass is 16.5. The number of ether oxygens (including phenoxy) is 2. The molecule has 0 radical (unpaired) electrons. The summed E-state index contributed by atoms with van der Waals surface area (Å²) in [6, 6.07) is -4.06. The second-order valence-electron chi connectivity index (χ2n) is 7.57. The van der Waals surface area contributed by atoms with Crippen molar-refractivity contribution in [3.8, 4) is 0 Å². The van der Waals surface area contributed by atoms with Crippen LogP contribution in [-0.2, 0) is 33.4 Å². The van der Waals surface area contributed by atoms with Crippen molar-refractivity contribution >= 4 is 35.6 Å². The van der Waals surface area contributed by atoms with Crippen molar-refractivity contribution in [2.75, 3.05) is 33.0 Å². The maximum atomic E-state index is 12.3. The first-order valence-corrected chi connectivity index (χ1v) is 10.8. The molecule has 206 valence electrons. The number of primary amides is 2. The molecule has 0 fully saturated rings. The first-order chi connectivity index (χ1) is 16.8. The summed E-state index contributed by atoms with van der Waals surface area (Å²) in [5, 5.41) is 25.8. The van der Waals surface area contributed by atoms with E-state index in [1.165, 1.54) is 13.8 Å². The number of urea groups is 1. The van der Waals surface area contributed by atoms with Crippen LogP contribution < -0.4 is 38.3 Å². The number of aliphatic hydroxyl groups excluding tert-OH is 2. The minimum Gasteiger partial charge on any atom is -0.393 e. The van der Waals surface area contributed by atoms with Crippen molar-refractivity contribution < 1.29 is 48.5 Å². The van der Waals surface area contributed by atoms with Crippen LogP contribution in [0.2, 0.25) is 0 Å². The number of rotatable bonds is 17. The topological polar surface area (TPSA) is 274 Å². The number of carbonyl (C=O) groups is 6. The molecule has 7 amide bonds. The van der Waals surface area contributed by atoms with Gasteiger partial charge in [0.05, 0.1) is 44.9 Å². The lowest BCUT2D eigenvalue weighted by Crippen LogP contribution is -2.59. The summed E-state index contributed by atoms with van der Waals surface area (Å²) in [5.74, 6) is -4.07. The van der Waals surface area contributed by atoms with Crippen LogP contribution in [0, 0.1) is 0 Å². The van der Waals surface area contributed by atoms with Gasteiger partial charge in [-0.1, -0.05) is 0 Å². The van der Waals surface area contributed by atoms with Gasteiger partial charge in [0, 0.05) is 6.54 Å². The lowest BCUT2D eigenvalue weighted by Gasteiger charge is -2.23. The van der Waals surface area contributed by atoms with E-state index in [2.05, 4.69) is 16.0 Å². The molecule has 0 aliphatic heterocycles. The molecule has 17 nitrogen and oxygen atoms in total. The summed E-state index contributed by atoms with van der Waals surface area (Å²) >= 11 is 0. The molecule has 0 rings (SSSR count). The molecule has 36 heavy (non-hydrogen) atoms. The quantitative estimate of drug-likeness (QED) is 0.0648. The van der Waals surface area contributed by atoms with Crippen molar-refractivity contribution in [2.24, 2.45) is 11.5 Å². The Bertz CT molecular complexity index is 763. The molecular formula is C19H35N7O10. The van der Waals surface area contributed by atoms with E-state index in [0.29, 0.717) is 0 Å². The Labute approximate surface area is 206 Å². The summed E-state index contributed by atoms with van der Waals surface area (Å²) in [5.41, 5.74) is 14.0. The molecule has 2 unspecified atom stereocenters. The van der Waals surface area contributed by atoms with Crippen LogP contribution in [-0.4, -0.2) is 103 Å². The SMILES string of the molecule is CC(O)CC(=O)NNC(=O)[C@@H](CC(N)=O)NC(=O)N[C@H](C(=O)NCCOCCOCC(N)=O)C(C)O. The maximum Gasteiger partial charge on any atom is 0.316 e. The highest BCUT2D eigenvalue weighted by Gasteiger charge is 2.28. The average molecular weight is 522 g/mol. The predicted molar refractivity (Wildman–Crippen MR) is 121 cm³/mol. The van der Waals surface area contributed by atoms with Gasteiger partial charge in [0.15, 0.2) is 0 Å². The molecule has 0 heterocycles. The Kier molecular flexibility index (Phi) is 16.1. The van der Waals surface area contributed by atoms with Gasteiger partial charge in [0.25, 0.3) is 5.91 Å². The predicted octanol–water partition coefficient (Wildman–Crippen LogP) is -5.17. The molecule has 11 N–H and O–H groups in total. The highest BCUT2D eigenvalue weighted by Crippen LogP contribution is 1.97. The minimum absolute atomic E-state index is 0.0139. The van der Waals surface area contributed by atoms with E-state index in [1.807, 2.05) is 10.9 Å². The third-order valence-electron chi connectivity index (χ3n) is 4.05. The Morgan fingerprint density at radius 3 is 2.00 bits per heavy atom. The Hall–Kier alpha value is -3.54. The van der Waals surface area contributed by atoms with Crippen molar-refractivity contribution in [3.05, 3.63) is 0 Å². The third kappa shape index (κ3) is 16.1. The normalized spacial score (nSPS) is 13.9. The number of hydrazine groups is 1. The highest BCUT2D eigenvalue weighted by molar-refractivity contribution is 5.93. The summed E-state index contributed by atoms with van der Waals surface area (Å²) in [7, 11) is 0. The number of hydrogen-bond acceptors (Lipinski definition) is 10. The monoisotopic (exact) mass is 521 g/mol. The van der Waals surface area contributed by atoms with E-state index >= 15 is 0 Å². The molecule has 0 bridgehead atoms. The van der Waals surface area contributed by atoms with E-state index in [9.17, 15) is 33.9 Å². The molecule has 4 atom stereocenters. The summed E-state index contributed by atoms with van der Waals surface area (Å²) in [6.45, 7) is 2.67. The van der Waals surface area contributed by atoms with Gasteiger partial charge in [0.2, 0.25) is 23.6 Å². The number of nitrogens with two attached hydrogens (primary N) is 2. The molecule has 0 saturated heterocycles. The van der Waals surface area contributed by atoms with Crippen molar-refractivity contribution in [1.29, 1.82) is 0 Å². The number of aliphatic hydroxyl groups is 2. The van der Waals surface area contributed by atoms with Crippen molar-refractivity contribution in [3.63, 3.8) is 0 Å². The molecule has 0 spiro atoms. The molecule has 0 aromatic rings. The van der Waals surface area contributed by atoms with Crippen molar-refractivity contribution in [2.45, 2.75) is 51.0 Å². The number of nitrogens with one attached hydrogen (secondary N) is 5. The van der Waals surface area contributed by atoms with Gasteiger partial charge in [0.1, 0.15) is 18.7 Å². The van der Waals surface area contributed by atoms with Crippen LogP contribution in [0.1, 0.15) is 26.7 Å². The second kappa shape index (κ2) is 17.8. The van der Waals surface area contributed by atoms with Gasteiger partial charge in [-0.05, 0) is 13.8 Å². The fourth-order valence-electron chi connectivity index (χ4n) is 2.44. The molecule has 0 aliphatic rings. The lowest BCUT2D eigenvalue weighted by molar-refractivity contribution is -0.131. The van der Waals surface area contributed by atoms with Gasteiger partial charge in [-0.15, -0.1) is 0 Å². The smallest absolute Gasteiger partial charge is 0.316 e. The number of amides is 7. The Balaban J connectivity index is 4.71. The van der Waals surface area contributed by atoms with Crippen LogP contribution in [0.25, 0.3) is 0 Å². The third-order valence-corrected chi connectivity index (χ3v) is 4.05. The van der Waals surface area contributed by atoms with Crippen LogP contribution in [0.5, 0.6) is 0 Å². The zero-order valence-corrected chi connectivity index (χ0v) is 20.1. The average Bonchev–Trinajstić information content (AvgIpc) is 2.75. The summed E-state index contributed by atoms with van der Waals surface area (Å²) < 4.78 is 10.1. The van der Waals surface area contributed by atoms with Gasteiger partial charge in [-0.3, -0.25) is 34.8 Å². The largest absolute Gasteiger partial charge is 0.393 e. The maximum absolute atomic E-state index is 12.3. The van der Waals surface area contributed by atoms with Crippen LogP contribution >= 0.6 is 0 Å². The van der Waals surface area contributed by atoms with Crippen LogP contribution in [0.3, 0.4) is 0 Å². The standard InChI is InChI=1S/C19H35N7O10/c1-10(27)7-15(31)25-26-17(32)12(8-13(20)29)23-19(34)24-16(11(2)28)18(33)22-3-4-35-5-6-36-9-14(21)30/h10-12,16,27-28H,3-9H2,1-2H3,(H2,20,29)(H2,21,30)(H,22,33)(H,25,31)(H,26,32)(H2,23,24,34)/t10?,11?,12-,16+/m1/s1. The molecule has 0 aliphatic carbocycles. The van der Waals surface area contributed by atoms with Crippen LogP contribution in [0.15, 0.2) is 0 Å². The fourth-order valence-corrected chi connectivity index (χ4v) is 2.44. The zero-order valence-electron chi connectivity index (χ0n) is 20.1. The zero-order chi connectivity index (χ0) is 27.7. The Morgan fingerprint density at radius 2 is 1.44 bits per heavy atom. The van der Waals surface area contributed by atoms with Gasteiger partial charge < -0.3 is 47.1 Å². The molecule has 0 aromatic heterocycles. The fraction of sp³-hybridized carbons (Fsp3) is 0.684. The minimum atomic E-state index is -1.53. The molecular weight excluding hydrogens is 486 g/mol. The van der Waals surface area contributed by atoms with Gasteiger partial charge in [-0.25, -0.2) is 4.79 Å². The molecule has 0 saturated carbocycles. The van der Waals surface area contributed by atoms with Crippen molar-refractivity contribution in [1.82, 2.24) is 26.8 Å². The van der Waals surface area contributed by atoms with E-state index in [1.54, 1.807) is 0 Å². The first-order valence-electron chi connectivity index (χ1n) is 10.8. The second-order valence-corrected chi connectivity index (χ2v) is 7.57. The molecule has 0 aromatic carbocycles. The van der Waals surface area contributed by atoms with E-state index in [0.717, 1.165) is 0 Å². The molecule has 17 heteroatoms. The summed E-state index contributed by atoms with van der Waals surface area (Å²) in [4.78, 5) is 70.2. The van der Waals surface area contributed by atoms with Gasteiger partial charge >= 0.3 is 6.03 Å². The van der Waals surface area contributed by atoms with E-state index in [-0.39, 0.29) is 39.4 Å². The number of hydrogen-bond donors (Lipinski definition) is 9.